The fourth-order valence-electron chi connectivity index (χ4n) is 1.03. The molecule has 0 N–H and O–H groups in total. The van der Waals surface area contributed by atoms with Crippen molar-refractivity contribution in [3.8, 4) is 0 Å². The highest BCUT2D eigenvalue weighted by Crippen LogP contribution is 2.14. The van der Waals surface area contributed by atoms with E-state index in [2.05, 4.69) is 9.53 Å². The summed E-state index contributed by atoms with van der Waals surface area (Å²) in [4.78, 5) is 13.8. The fourth-order valence-corrected chi connectivity index (χ4v) is 1.03. The highest BCUT2D eigenvalue weighted by atomic mass is 19.4. The molecule has 0 amide bonds. The van der Waals surface area contributed by atoms with Gasteiger partial charge < -0.3 is 10.3 Å². The van der Waals surface area contributed by atoms with Crippen LogP contribution in [0.4, 0.5) is 13.2 Å². The van der Waals surface area contributed by atoms with Crippen molar-refractivity contribution in [1.29, 1.82) is 0 Å². The van der Waals surface area contributed by atoms with E-state index in [0.29, 0.717) is 0 Å². The Hall–Kier alpha value is -2.14. The average molecular weight is 244 g/mol. The average Bonchev–Trinajstić information content (AvgIpc) is 2.28. The van der Waals surface area contributed by atoms with Crippen molar-refractivity contribution >= 4 is 11.7 Å². The number of nitrogens with zero attached hydrogens (tertiary/aromatic N) is 2. The van der Waals surface area contributed by atoms with E-state index in [9.17, 15) is 18.0 Å². The SMILES string of the molecule is [N-]=[N+]=C(C(=O)OCC(F)(F)F)c1ccccc1. The molecule has 0 aromatic heterocycles. The zero-order chi connectivity index (χ0) is 12.9. The van der Waals surface area contributed by atoms with Crippen LogP contribution in [0.15, 0.2) is 30.3 Å². The van der Waals surface area contributed by atoms with Gasteiger partial charge in [-0.25, -0.2) is 4.79 Å². The van der Waals surface area contributed by atoms with Gasteiger partial charge in [0.25, 0.3) is 0 Å². The standard InChI is InChI=1S/C10H7F3N2O2/c11-10(12,13)6-17-9(16)8(15-14)7-4-2-1-3-5-7/h1-5H,6H2. The molecule has 17 heavy (non-hydrogen) atoms. The first-order valence-electron chi connectivity index (χ1n) is 4.45. The van der Waals surface area contributed by atoms with Crippen LogP contribution in [0, 0.1) is 0 Å². The zero-order valence-corrected chi connectivity index (χ0v) is 8.44. The maximum Gasteiger partial charge on any atom is 0.422 e. The van der Waals surface area contributed by atoms with Gasteiger partial charge in [-0.3, -0.25) is 0 Å². The van der Waals surface area contributed by atoms with Crippen LogP contribution in [-0.2, 0) is 9.53 Å². The van der Waals surface area contributed by atoms with Crippen molar-refractivity contribution in [3.05, 3.63) is 41.4 Å². The Kier molecular flexibility index (Phi) is 4.01. The highest BCUT2D eigenvalue weighted by Gasteiger charge is 2.33. The van der Waals surface area contributed by atoms with Gasteiger partial charge in [0.2, 0.25) is 0 Å². The quantitative estimate of drug-likeness (QED) is 0.352. The topological polar surface area (TPSA) is 62.7 Å². The number of esters is 1. The largest absolute Gasteiger partial charge is 0.447 e. The molecule has 1 aromatic rings. The number of alkyl halides is 3. The Morgan fingerprint density at radius 3 is 2.35 bits per heavy atom. The number of ether oxygens (including phenoxy) is 1. The third-order valence-electron chi connectivity index (χ3n) is 1.71. The third-order valence-corrected chi connectivity index (χ3v) is 1.71. The summed E-state index contributed by atoms with van der Waals surface area (Å²) in [5, 5.41) is 0. The van der Waals surface area contributed by atoms with E-state index in [-0.39, 0.29) is 5.56 Å². The molecule has 0 unspecified atom stereocenters. The number of rotatable bonds is 3. The molecular weight excluding hydrogens is 237 g/mol. The number of halogens is 3. The summed E-state index contributed by atoms with van der Waals surface area (Å²) in [6, 6.07) is 7.53. The van der Waals surface area contributed by atoms with Crippen molar-refractivity contribution in [2.75, 3.05) is 6.61 Å². The van der Waals surface area contributed by atoms with Crippen LogP contribution in [-0.4, -0.2) is 29.3 Å². The van der Waals surface area contributed by atoms with E-state index in [4.69, 9.17) is 5.53 Å². The minimum Gasteiger partial charge on any atom is -0.447 e. The van der Waals surface area contributed by atoms with Gasteiger partial charge in [0, 0.05) is 0 Å². The lowest BCUT2D eigenvalue weighted by molar-refractivity contribution is -0.183. The Morgan fingerprint density at radius 1 is 1.29 bits per heavy atom. The predicted molar refractivity (Wildman–Crippen MR) is 51.2 cm³/mol. The molecule has 90 valence electrons. The second-order valence-corrected chi connectivity index (χ2v) is 3.01. The minimum absolute atomic E-state index is 0.169. The number of hydrogen-bond acceptors (Lipinski definition) is 2. The van der Waals surface area contributed by atoms with Gasteiger partial charge in [-0.2, -0.15) is 18.0 Å². The molecule has 0 atom stereocenters. The molecule has 0 fully saturated rings. The molecule has 1 aromatic carbocycles. The van der Waals surface area contributed by atoms with Crippen molar-refractivity contribution in [1.82, 2.24) is 0 Å². The van der Waals surface area contributed by atoms with Gasteiger partial charge in [-0.05, 0) is 12.1 Å². The van der Waals surface area contributed by atoms with Crippen LogP contribution in [0.5, 0.6) is 0 Å². The summed E-state index contributed by atoms with van der Waals surface area (Å²) in [7, 11) is 0. The van der Waals surface area contributed by atoms with Crippen molar-refractivity contribution in [2.45, 2.75) is 6.18 Å². The van der Waals surface area contributed by atoms with Crippen LogP contribution >= 0.6 is 0 Å². The monoisotopic (exact) mass is 244 g/mol. The molecule has 0 aliphatic rings. The van der Waals surface area contributed by atoms with Crippen molar-refractivity contribution in [3.63, 3.8) is 0 Å². The van der Waals surface area contributed by atoms with E-state index in [1.807, 2.05) is 0 Å². The molecule has 0 saturated carbocycles. The summed E-state index contributed by atoms with van der Waals surface area (Å²) in [6.07, 6.45) is -4.62. The fraction of sp³-hybridized carbons (Fsp3) is 0.200. The third kappa shape index (κ3) is 4.08. The highest BCUT2D eigenvalue weighted by molar-refractivity contribution is 6.40. The first kappa shape index (κ1) is 12.9. The number of carbonyl (C=O) groups is 1. The zero-order valence-electron chi connectivity index (χ0n) is 8.44. The van der Waals surface area contributed by atoms with Crippen molar-refractivity contribution in [2.24, 2.45) is 0 Å². The molecular formula is C10H7F3N2O2. The minimum atomic E-state index is -4.62. The predicted octanol–water partition coefficient (Wildman–Crippen LogP) is 1.81. The summed E-state index contributed by atoms with van der Waals surface area (Å²) in [5.41, 5.74) is 8.18. The number of carbonyl (C=O) groups excluding carboxylic acids is 1. The Labute approximate surface area is 94.2 Å². The van der Waals surface area contributed by atoms with E-state index < -0.39 is 24.5 Å². The molecule has 0 saturated heterocycles. The Balaban J connectivity index is 2.78. The second kappa shape index (κ2) is 5.27. The first-order chi connectivity index (χ1) is 7.94. The summed E-state index contributed by atoms with van der Waals surface area (Å²) >= 11 is 0. The lowest BCUT2D eigenvalue weighted by Gasteiger charge is -2.05. The molecule has 0 heterocycles. The lowest BCUT2D eigenvalue weighted by atomic mass is 10.1. The van der Waals surface area contributed by atoms with E-state index in [1.54, 1.807) is 6.07 Å². The molecule has 1 rings (SSSR count). The molecule has 4 nitrogen and oxygen atoms in total. The Morgan fingerprint density at radius 2 is 1.88 bits per heavy atom. The van der Waals surface area contributed by atoms with E-state index in [1.165, 1.54) is 24.3 Å². The lowest BCUT2D eigenvalue weighted by Crippen LogP contribution is -2.26. The first-order valence-corrected chi connectivity index (χ1v) is 4.45. The summed E-state index contributed by atoms with van der Waals surface area (Å²) < 4.78 is 39.4. The van der Waals surface area contributed by atoms with Gasteiger partial charge in [0.15, 0.2) is 6.61 Å². The van der Waals surface area contributed by atoms with Crippen LogP contribution in [0.1, 0.15) is 5.56 Å². The van der Waals surface area contributed by atoms with E-state index >= 15 is 0 Å². The molecule has 7 heteroatoms. The van der Waals surface area contributed by atoms with Gasteiger partial charge in [-0.1, -0.05) is 18.2 Å². The van der Waals surface area contributed by atoms with E-state index in [0.717, 1.165) is 0 Å². The van der Waals surface area contributed by atoms with Crippen LogP contribution in [0.2, 0.25) is 0 Å². The molecule has 0 aliphatic carbocycles. The van der Waals surface area contributed by atoms with Crippen LogP contribution in [0.3, 0.4) is 0 Å². The van der Waals surface area contributed by atoms with Gasteiger partial charge in [0.05, 0.1) is 5.56 Å². The van der Waals surface area contributed by atoms with Gasteiger partial charge in [0.1, 0.15) is 0 Å². The van der Waals surface area contributed by atoms with Gasteiger partial charge in [-0.15, -0.1) is 0 Å². The Bertz CT molecular complexity index is 450. The number of hydrogen-bond donors (Lipinski definition) is 0. The van der Waals surface area contributed by atoms with Gasteiger partial charge >= 0.3 is 17.9 Å². The summed E-state index contributed by atoms with van der Waals surface area (Å²) in [5.74, 6) is -1.34. The number of benzene rings is 1. The molecule has 0 bridgehead atoms. The summed E-state index contributed by atoms with van der Waals surface area (Å²) in [6.45, 7) is -1.72. The second-order valence-electron chi connectivity index (χ2n) is 3.01. The normalized spacial score (nSPS) is 10.5. The molecule has 0 aliphatic heterocycles. The van der Waals surface area contributed by atoms with Crippen molar-refractivity contribution < 1.29 is 27.5 Å². The maximum atomic E-state index is 11.8. The smallest absolute Gasteiger partial charge is 0.422 e. The molecule has 0 radical (unpaired) electrons. The van der Waals surface area contributed by atoms with Crippen LogP contribution < -0.4 is 0 Å². The molecule has 0 spiro atoms. The maximum absolute atomic E-state index is 11.8. The van der Waals surface area contributed by atoms with Crippen LogP contribution in [0.25, 0.3) is 5.53 Å².